The number of rotatable bonds is 8. The van der Waals surface area contributed by atoms with Crippen LogP contribution in [0.2, 0.25) is 0 Å². The van der Waals surface area contributed by atoms with Crippen LogP contribution >= 0.6 is 0 Å². The van der Waals surface area contributed by atoms with Crippen LogP contribution < -0.4 is 5.32 Å². The number of hydrogen-bond donors (Lipinski definition) is 2. The molecule has 0 radical (unpaired) electrons. The van der Waals surface area contributed by atoms with Gasteiger partial charge < -0.3 is 15.3 Å². The Morgan fingerprint density at radius 2 is 2.06 bits per heavy atom. The number of unbranched alkanes of at least 4 members (excludes halogenated alkanes) is 1. The molecule has 1 amide bonds. The first-order valence-corrected chi connectivity index (χ1v) is 6.82. The van der Waals surface area contributed by atoms with Crippen LogP contribution in [0.1, 0.15) is 39.0 Å². The van der Waals surface area contributed by atoms with Gasteiger partial charge in [-0.25, -0.2) is 0 Å². The van der Waals surface area contributed by atoms with Crippen molar-refractivity contribution in [2.24, 2.45) is 5.92 Å². The maximum atomic E-state index is 11.5. The van der Waals surface area contributed by atoms with Gasteiger partial charge in [0.15, 0.2) is 0 Å². The number of hydrogen-bond acceptors (Lipinski definition) is 3. The molecule has 0 aromatic carbocycles. The molecular weight excluding hydrogens is 232 g/mol. The lowest BCUT2D eigenvalue weighted by Gasteiger charge is -2.13. The van der Waals surface area contributed by atoms with Crippen LogP contribution in [0.15, 0.2) is 0 Å². The minimum Gasteiger partial charge on any atom is -0.481 e. The highest BCUT2D eigenvalue weighted by molar-refractivity contribution is 5.75. The molecule has 0 aromatic heterocycles. The molecule has 0 aliphatic carbocycles. The maximum absolute atomic E-state index is 11.5. The molecule has 1 aliphatic rings. The van der Waals surface area contributed by atoms with Crippen LogP contribution in [0.4, 0.5) is 0 Å². The smallest absolute Gasteiger partial charge is 0.303 e. The highest BCUT2D eigenvalue weighted by atomic mass is 16.4. The summed E-state index contributed by atoms with van der Waals surface area (Å²) in [6.45, 7) is 6.21. The molecule has 104 valence electrons. The largest absolute Gasteiger partial charge is 0.481 e. The monoisotopic (exact) mass is 256 g/mol. The predicted octanol–water partition coefficient (Wildman–Crippen LogP) is 1.09. The number of aliphatic carboxylic acids is 1. The average molecular weight is 256 g/mol. The molecule has 18 heavy (non-hydrogen) atoms. The highest BCUT2D eigenvalue weighted by Crippen LogP contribution is 2.14. The third-order valence-corrected chi connectivity index (χ3v) is 3.45. The van der Waals surface area contributed by atoms with Crippen molar-refractivity contribution in [3.8, 4) is 0 Å². The van der Waals surface area contributed by atoms with Gasteiger partial charge in [-0.3, -0.25) is 9.59 Å². The van der Waals surface area contributed by atoms with Gasteiger partial charge in [0.2, 0.25) is 5.91 Å². The standard InChI is InChI=1S/C13H24N2O3/c1-2-15-8-7-11(10-15)9-14-12(16)5-3-4-6-13(17)18/h11H,2-10H2,1H3,(H,14,16)(H,17,18). The number of carboxylic acid groups (broad SMARTS) is 1. The quantitative estimate of drug-likeness (QED) is 0.638. The Morgan fingerprint density at radius 1 is 1.33 bits per heavy atom. The second kappa shape index (κ2) is 8.08. The highest BCUT2D eigenvalue weighted by Gasteiger charge is 2.21. The van der Waals surface area contributed by atoms with Crippen LogP contribution in [0.3, 0.4) is 0 Å². The summed E-state index contributed by atoms with van der Waals surface area (Å²) in [5, 5.41) is 11.4. The van der Waals surface area contributed by atoms with E-state index in [9.17, 15) is 9.59 Å². The van der Waals surface area contributed by atoms with E-state index < -0.39 is 5.97 Å². The van der Waals surface area contributed by atoms with Crippen molar-refractivity contribution >= 4 is 11.9 Å². The van der Waals surface area contributed by atoms with E-state index in [1.54, 1.807) is 0 Å². The van der Waals surface area contributed by atoms with E-state index in [-0.39, 0.29) is 12.3 Å². The van der Waals surface area contributed by atoms with E-state index in [2.05, 4.69) is 17.1 Å². The number of nitrogens with one attached hydrogen (secondary N) is 1. The van der Waals surface area contributed by atoms with Gasteiger partial charge in [0.25, 0.3) is 0 Å². The Kier molecular flexibility index (Phi) is 6.72. The van der Waals surface area contributed by atoms with Crippen molar-refractivity contribution in [2.75, 3.05) is 26.2 Å². The summed E-state index contributed by atoms with van der Waals surface area (Å²) < 4.78 is 0. The fraction of sp³-hybridized carbons (Fsp3) is 0.846. The zero-order valence-corrected chi connectivity index (χ0v) is 11.2. The topological polar surface area (TPSA) is 69.6 Å². The molecule has 1 atom stereocenters. The number of carboxylic acids is 1. The predicted molar refractivity (Wildman–Crippen MR) is 69.3 cm³/mol. The number of carbonyl (C=O) groups is 2. The molecule has 2 N–H and O–H groups in total. The van der Waals surface area contributed by atoms with Crippen LogP contribution in [0.25, 0.3) is 0 Å². The molecule has 0 bridgehead atoms. The van der Waals surface area contributed by atoms with Gasteiger partial charge in [0.05, 0.1) is 0 Å². The van der Waals surface area contributed by atoms with Crippen LogP contribution in [-0.2, 0) is 9.59 Å². The minimum atomic E-state index is -0.791. The second-order valence-electron chi connectivity index (χ2n) is 4.95. The van der Waals surface area contributed by atoms with Gasteiger partial charge >= 0.3 is 5.97 Å². The first-order valence-electron chi connectivity index (χ1n) is 6.82. The first kappa shape index (κ1) is 15.0. The fourth-order valence-electron chi connectivity index (χ4n) is 2.28. The van der Waals surface area contributed by atoms with E-state index in [0.717, 1.165) is 32.6 Å². The molecule has 0 saturated carbocycles. The summed E-state index contributed by atoms with van der Waals surface area (Å²) >= 11 is 0. The van der Waals surface area contributed by atoms with Crippen molar-refractivity contribution < 1.29 is 14.7 Å². The summed E-state index contributed by atoms with van der Waals surface area (Å²) in [5.74, 6) is -0.163. The normalized spacial score (nSPS) is 19.9. The first-order chi connectivity index (χ1) is 8.61. The fourth-order valence-corrected chi connectivity index (χ4v) is 2.28. The molecule has 1 unspecified atom stereocenters. The van der Waals surface area contributed by atoms with Crippen LogP contribution in [0.5, 0.6) is 0 Å². The summed E-state index contributed by atoms with van der Waals surface area (Å²) in [5.41, 5.74) is 0. The summed E-state index contributed by atoms with van der Waals surface area (Å²) in [7, 11) is 0. The van der Waals surface area contributed by atoms with Gasteiger partial charge in [-0.05, 0) is 38.3 Å². The zero-order chi connectivity index (χ0) is 13.4. The molecule has 5 nitrogen and oxygen atoms in total. The molecule has 1 aliphatic heterocycles. The van der Waals surface area contributed by atoms with Gasteiger partial charge in [-0.1, -0.05) is 6.92 Å². The van der Waals surface area contributed by atoms with Crippen molar-refractivity contribution in [3.63, 3.8) is 0 Å². The molecule has 0 spiro atoms. The zero-order valence-electron chi connectivity index (χ0n) is 11.2. The van der Waals surface area contributed by atoms with Crippen LogP contribution in [0, 0.1) is 5.92 Å². The average Bonchev–Trinajstić information content (AvgIpc) is 2.80. The molecule has 1 heterocycles. The van der Waals surface area contributed by atoms with Gasteiger partial charge in [0.1, 0.15) is 0 Å². The molecule has 1 saturated heterocycles. The summed E-state index contributed by atoms with van der Waals surface area (Å²) in [4.78, 5) is 24.2. The minimum absolute atomic E-state index is 0.0512. The Hall–Kier alpha value is -1.10. The van der Waals surface area contributed by atoms with Crippen molar-refractivity contribution in [1.29, 1.82) is 0 Å². The van der Waals surface area contributed by atoms with Gasteiger partial charge in [-0.15, -0.1) is 0 Å². The lowest BCUT2D eigenvalue weighted by molar-refractivity contribution is -0.137. The molecule has 1 rings (SSSR count). The third-order valence-electron chi connectivity index (χ3n) is 3.45. The molecule has 0 aromatic rings. The molecule has 5 heteroatoms. The second-order valence-corrected chi connectivity index (χ2v) is 4.95. The van der Waals surface area contributed by atoms with Crippen molar-refractivity contribution in [2.45, 2.75) is 39.0 Å². The lowest BCUT2D eigenvalue weighted by atomic mass is 10.1. The van der Waals surface area contributed by atoms with Crippen LogP contribution in [-0.4, -0.2) is 48.1 Å². The van der Waals surface area contributed by atoms with E-state index in [1.165, 1.54) is 0 Å². The van der Waals surface area contributed by atoms with E-state index in [0.29, 0.717) is 25.2 Å². The SMILES string of the molecule is CCN1CCC(CNC(=O)CCCCC(=O)O)C1. The third kappa shape index (κ3) is 6.00. The van der Waals surface area contributed by atoms with E-state index in [1.807, 2.05) is 0 Å². The Bertz CT molecular complexity index is 281. The van der Waals surface area contributed by atoms with E-state index >= 15 is 0 Å². The van der Waals surface area contributed by atoms with Gasteiger partial charge in [0, 0.05) is 25.9 Å². The number of amides is 1. The lowest BCUT2D eigenvalue weighted by Crippen LogP contribution is -2.30. The Morgan fingerprint density at radius 3 is 2.67 bits per heavy atom. The molecular formula is C13H24N2O3. The maximum Gasteiger partial charge on any atom is 0.303 e. The molecule has 1 fully saturated rings. The van der Waals surface area contributed by atoms with Crippen molar-refractivity contribution in [3.05, 3.63) is 0 Å². The summed E-state index contributed by atoms with van der Waals surface area (Å²) in [6, 6.07) is 0. The number of nitrogens with zero attached hydrogens (tertiary/aromatic N) is 1. The van der Waals surface area contributed by atoms with E-state index in [4.69, 9.17) is 5.11 Å². The number of likely N-dealkylation sites (tertiary alicyclic amines) is 1. The van der Waals surface area contributed by atoms with Gasteiger partial charge in [-0.2, -0.15) is 0 Å². The Labute approximate surface area is 109 Å². The summed E-state index contributed by atoms with van der Waals surface area (Å²) in [6.07, 6.45) is 2.99. The van der Waals surface area contributed by atoms with Crippen molar-refractivity contribution in [1.82, 2.24) is 10.2 Å². The Balaban J connectivity index is 2.01. The number of carbonyl (C=O) groups excluding carboxylic acids is 1.